The average molecular weight is 272 g/mol. The highest BCUT2D eigenvalue weighted by molar-refractivity contribution is 9.11. The number of aromatic amines is 1. The summed E-state index contributed by atoms with van der Waals surface area (Å²) in [5, 5.41) is 9.73. The van der Waals surface area contributed by atoms with E-state index in [1.165, 1.54) is 6.20 Å². The molecule has 1 N–H and O–H groups in total. The molecule has 0 saturated carbocycles. The molecular weight excluding hydrogens is 266 g/mol. The third-order valence-electron chi connectivity index (χ3n) is 1.66. The topological polar surface area (TPSA) is 58.6 Å². The number of hydrogen-bond donors (Lipinski definition) is 1. The van der Waals surface area contributed by atoms with E-state index >= 15 is 0 Å². The van der Waals surface area contributed by atoms with E-state index in [1.807, 2.05) is 12.1 Å². The molecule has 2 aromatic rings. The van der Waals surface area contributed by atoms with E-state index in [-0.39, 0.29) is 5.78 Å². The molecule has 0 aromatic carbocycles. The largest absolute Gasteiger partial charge is 0.292 e. The first kappa shape index (κ1) is 9.54. The number of H-pyrrole nitrogens is 1. The summed E-state index contributed by atoms with van der Waals surface area (Å²) in [5.74, 6) is -0.0203. The van der Waals surface area contributed by atoms with Crippen molar-refractivity contribution in [2.24, 2.45) is 0 Å². The van der Waals surface area contributed by atoms with Crippen molar-refractivity contribution in [1.82, 2.24) is 15.4 Å². The maximum absolute atomic E-state index is 11.6. The van der Waals surface area contributed by atoms with Gasteiger partial charge in [-0.1, -0.05) is 0 Å². The molecule has 0 aliphatic heterocycles. The summed E-state index contributed by atoms with van der Waals surface area (Å²) in [5.41, 5.74) is 0.384. The summed E-state index contributed by atoms with van der Waals surface area (Å²) in [6.45, 7) is 0. The van der Waals surface area contributed by atoms with Gasteiger partial charge in [-0.3, -0.25) is 4.79 Å². The SMILES string of the molecule is O=C(Cc1ccc(Br)s1)c1cn[nH]n1. The van der Waals surface area contributed by atoms with Gasteiger partial charge >= 0.3 is 0 Å². The molecule has 2 rings (SSSR count). The molecule has 0 aliphatic carbocycles. The number of Topliss-reactive ketones (excluding diaryl/α,β-unsaturated/α-hetero) is 1. The molecule has 0 fully saturated rings. The molecule has 0 atom stereocenters. The Labute approximate surface area is 92.5 Å². The van der Waals surface area contributed by atoms with Gasteiger partial charge in [-0.25, -0.2) is 0 Å². The fourth-order valence-electron chi connectivity index (χ4n) is 1.03. The lowest BCUT2D eigenvalue weighted by Crippen LogP contribution is -2.02. The minimum atomic E-state index is -0.0203. The Hall–Kier alpha value is -1.01. The van der Waals surface area contributed by atoms with Gasteiger partial charge in [-0.2, -0.15) is 15.4 Å². The number of thiophene rings is 1. The third kappa shape index (κ3) is 2.08. The lowest BCUT2D eigenvalue weighted by atomic mass is 10.2. The summed E-state index contributed by atoms with van der Waals surface area (Å²) in [4.78, 5) is 12.6. The Morgan fingerprint density at radius 2 is 2.43 bits per heavy atom. The molecule has 72 valence electrons. The van der Waals surface area contributed by atoms with Crippen LogP contribution in [0.1, 0.15) is 15.4 Å². The Bertz CT molecular complexity index is 437. The van der Waals surface area contributed by atoms with Gasteiger partial charge in [0, 0.05) is 11.3 Å². The molecule has 0 aliphatic rings. The number of hydrogen-bond acceptors (Lipinski definition) is 4. The highest BCUT2D eigenvalue weighted by Gasteiger charge is 2.10. The van der Waals surface area contributed by atoms with Gasteiger partial charge in [0.1, 0.15) is 5.69 Å². The number of nitrogens with zero attached hydrogens (tertiary/aromatic N) is 2. The third-order valence-corrected chi connectivity index (χ3v) is 3.29. The lowest BCUT2D eigenvalue weighted by Gasteiger charge is -1.91. The van der Waals surface area contributed by atoms with Crippen LogP contribution in [0.3, 0.4) is 0 Å². The van der Waals surface area contributed by atoms with Crippen molar-refractivity contribution < 1.29 is 4.79 Å². The fraction of sp³-hybridized carbons (Fsp3) is 0.125. The summed E-state index contributed by atoms with van der Waals surface area (Å²) < 4.78 is 1.03. The predicted molar refractivity (Wildman–Crippen MR) is 56.4 cm³/mol. The molecular formula is C8H6BrN3OS. The Kier molecular flexibility index (Phi) is 2.74. The van der Waals surface area contributed by atoms with Crippen LogP contribution in [0, 0.1) is 0 Å². The van der Waals surface area contributed by atoms with Gasteiger partial charge in [-0.05, 0) is 28.1 Å². The van der Waals surface area contributed by atoms with E-state index in [0.717, 1.165) is 8.66 Å². The Morgan fingerprint density at radius 1 is 1.57 bits per heavy atom. The minimum Gasteiger partial charge on any atom is -0.292 e. The van der Waals surface area contributed by atoms with E-state index in [0.29, 0.717) is 12.1 Å². The molecule has 14 heavy (non-hydrogen) atoms. The molecule has 2 aromatic heterocycles. The van der Waals surface area contributed by atoms with Crippen molar-refractivity contribution in [3.8, 4) is 0 Å². The fourth-order valence-corrected chi connectivity index (χ4v) is 2.51. The minimum absolute atomic E-state index is 0.0203. The number of ketones is 1. The molecule has 0 bridgehead atoms. The van der Waals surface area contributed by atoms with E-state index in [1.54, 1.807) is 11.3 Å². The molecule has 0 radical (unpaired) electrons. The monoisotopic (exact) mass is 271 g/mol. The number of carbonyl (C=O) groups is 1. The van der Waals surface area contributed by atoms with Crippen LogP contribution in [0.15, 0.2) is 22.1 Å². The van der Waals surface area contributed by atoms with Crippen LogP contribution < -0.4 is 0 Å². The molecule has 4 nitrogen and oxygen atoms in total. The van der Waals surface area contributed by atoms with Crippen LogP contribution in [-0.2, 0) is 6.42 Å². The molecule has 0 saturated heterocycles. The molecule has 2 heterocycles. The smallest absolute Gasteiger partial charge is 0.189 e. The molecule has 0 spiro atoms. The number of carbonyl (C=O) groups excluding carboxylic acids is 1. The quantitative estimate of drug-likeness (QED) is 0.870. The summed E-state index contributed by atoms with van der Waals surface area (Å²) in [7, 11) is 0. The molecule has 0 unspecified atom stereocenters. The first-order valence-electron chi connectivity index (χ1n) is 3.89. The Balaban J connectivity index is 2.09. The van der Waals surface area contributed by atoms with Crippen molar-refractivity contribution in [3.63, 3.8) is 0 Å². The second-order valence-corrected chi connectivity index (χ2v) is 5.21. The summed E-state index contributed by atoms with van der Waals surface area (Å²) in [6, 6.07) is 3.85. The van der Waals surface area contributed by atoms with Crippen molar-refractivity contribution in [2.75, 3.05) is 0 Å². The average Bonchev–Trinajstić information content (AvgIpc) is 2.75. The van der Waals surface area contributed by atoms with Crippen molar-refractivity contribution in [1.29, 1.82) is 0 Å². The van der Waals surface area contributed by atoms with Crippen LogP contribution in [0.25, 0.3) is 0 Å². The zero-order chi connectivity index (χ0) is 9.97. The van der Waals surface area contributed by atoms with Gasteiger partial charge in [0.2, 0.25) is 0 Å². The second kappa shape index (κ2) is 4.02. The first-order valence-corrected chi connectivity index (χ1v) is 5.50. The standard InChI is InChI=1S/C8H6BrN3OS/c9-8-2-1-5(14-8)3-7(13)6-4-10-12-11-6/h1-2,4H,3H2,(H,10,11,12). The van der Waals surface area contributed by atoms with Crippen LogP contribution in [0.2, 0.25) is 0 Å². The van der Waals surface area contributed by atoms with Crippen molar-refractivity contribution in [2.45, 2.75) is 6.42 Å². The second-order valence-electron chi connectivity index (χ2n) is 2.66. The maximum Gasteiger partial charge on any atom is 0.189 e. The number of rotatable bonds is 3. The number of nitrogens with one attached hydrogen (secondary N) is 1. The highest BCUT2D eigenvalue weighted by Crippen LogP contribution is 2.22. The van der Waals surface area contributed by atoms with E-state index in [2.05, 4.69) is 31.3 Å². The van der Waals surface area contributed by atoms with Crippen LogP contribution in [-0.4, -0.2) is 21.2 Å². The van der Waals surface area contributed by atoms with Crippen LogP contribution in [0.4, 0.5) is 0 Å². The van der Waals surface area contributed by atoms with Gasteiger partial charge in [-0.15, -0.1) is 11.3 Å². The first-order chi connectivity index (χ1) is 6.75. The van der Waals surface area contributed by atoms with E-state index in [4.69, 9.17) is 0 Å². The van der Waals surface area contributed by atoms with Gasteiger partial charge in [0.05, 0.1) is 9.98 Å². The lowest BCUT2D eigenvalue weighted by molar-refractivity contribution is 0.0989. The number of aromatic nitrogens is 3. The number of halogens is 1. The van der Waals surface area contributed by atoms with Crippen molar-refractivity contribution in [3.05, 3.63) is 32.7 Å². The predicted octanol–water partition coefficient (Wildman–Crippen LogP) is 2.05. The van der Waals surface area contributed by atoms with Gasteiger partial charge in [0.15, 0.2) is 5.78 Å². The maximum atomic E-state index is 11.6. The van der Waals surface area contributed by atoms with Crippen LogP contribution >= 0.6 is 27.3 Å². The normalized spacial score (nSPS) is 10.4. The van der Waals surface area contributed by atoms with Crippen LogP contribution in [0.5, 0.6) is 0 Å². The van der Waals surface area contributed by atoms with Crippen molar-refractivity contribution >= 4 is 33.0 Å². The Morgan fingerprint density at radius 3 is 3.00 bits per heavy atom. The zero-order valence-electron chi connectivity index (χ0n) is 7.03. The van der Waals surface area contributed by atoms with E-state index in [9.17, 15) is 4.79 Å². The van der Waals surface area contributed by atoms with Gasteiger partial charge < -0.3 is 0 Å². The van der Waals surface area contributed by atoms with Gasteiger partial charge in [0.25, 0.3) is 0 Å². The summed E-state index contributed by atoms with van der Waals surface area (Å²) >= 11 is 4.89. The van der Waals surface area contributed by atoms with E-state index < -0.39 is 0 Å². The molecule has 0 amide bonds. The summed E-state index contributed by atoms with van der Waals surface area (Å²) in [6.07, 6.45) is 1.81. The highest BCUT2D eigenvalue weighted by atomic mass is 79.9. The zero-order valence-corrected chi connectivity index (χ0v) is 9.43. The molecule has 6 heteroatoms.